The van der Waals surface area contributed by atoms with E-state index in [9.17, 15) is 0 Å². The quantitative estimate of drug-likeness (QED) is 0.536. The van der Waals surface area contributed by atoms with Crippen LogP contribution in [0.2, 0.25) is 0 Å². The van der Waals surface area contributed by atoms with Crippen molar-refractivity contribution in [3.63, 3.8) is 0 Å². The SMILES string of the molecule is O[C@H]1CC[C@H](Br)C1. The van der Waals surface area contributed by atoms with Gasteiger partial charge >= 0.3 is 0 Å². The van der Waals surface area contributed by atoms with Gasteiger partial charge in [0.25, 0.3) is 0 Å². The molecule has 1 N–H and O–H groups in total. The molecule has 2 heteroatoms. The van der Waals surface area contributed by atoms with E-state index in [1.54, 1.807) is 0 Å². The molecule has 0 aromatic heterocycles. The van der Waals surface area contributed by atoms with Crippen LogP contribution in [0, 0.1) is 0 Å². The molecule has 0 radical (unpaired) electrons. The summed E-state index contributed by atoms with van der Waals surface area (Å²) >= 11 is 3.42. The van der Waals surface area contributed by atoms with Gasteiger partial charge in [0.15, 0.2) is 0 Å². The normalized spacial score (nSPS) is 42.0. The van der Waals surface area contributed by atoms with Crippen molar-refractivity contribution in [3.05, 3.63) is 0 Å². The summed E-state index contributed by atoms with van der Waals surface area (Å²) in [6.07, 6.45) is 3.04. The molecule has 0 unspecified atom stereocenters. The van der Waals surface area contributed by atoms with Gasteiger partial charge in [-0.1, -0.05) is 15.9 Å². The van der Waals surface area contributed by atoms with Crippen LogP contribution in [-0.2, 0) is 0 Å². The molecule has 1 fully saturated rings. The van der Waals surface area contributed by atoms with Gasteiger partial charge in [-0.3, -0.25) is 0 Å². The van der Waals surface area contributed by atoms with E-state index < -0.39 is 0 Å². The minimum atomic E-state index is -0.0237. The van der Waals surface area contributed by atoms with Crippen LogP contribution < -0.4 is 0 Å². The zero-order chi connectivity index (χ0) is 5.28. The Morgan fingerprint density at radius 2 is 2.14 bits per heavy atom. The van der Waals surface area contributed by atoms with Gasteiger partial charge in [0, 0.05) is 4.83 Å². The summed E-state index contributed by atoms with van der Waals surface area (Å²) in [6.45, 7) is 0. The molecule has 1 saturated carbocycles. The standard InChI is InChI=1S/C5H9BrO/c6-4-1-2-5(7)3-4/h4-5,7H,1-3H2/t4-,5-/m0/s1. The van der Waals surface area contributed by atoms with E-state index in [2.05, 4.69) is 15.9 Å². The molecule has 0 aliphatic heterocycles. The number of alkyl halides is 1. The fourth-order valence-corrected chi connectivity index (χ4v) is 1.60. The summed E-state index contributed by atoms with van der Waals surface area (Å²) in [5.41, 5.74) is 0. The number of rotatable bonds is 0. The maximum absolute atomic E-state index is 8.87. The van der Waals surface area contributed by atoms with Crippen molar-refractivity contribution in [2.75, 3.05) is 0 Å². The van der Waals surface area contributed by atoms with Crippen molar-refractivity contribution >= 4 is 15.9 Å². The molecule has 0 spiro atoms. The van der Waals surface area contributed by atoms with Gasteiger partial charge in [-0.25, -0.2) is 0 Å². The van der Waals surface area contributed by atoms with Crippen LogP contribution in [-0.4, -0.2) is 16.0 Å². The maximum Gasteiger partial charge on any atom is 0.0551 e. The summed E-state index contributed by atoms with van der Waals surface area (Å²) in [5, 5.41) is 8.87. The molecule has 0 heterocycles. The van der Waals surface area contributed by atoms with Crippen molar-refractivity contribution in [2.24, 2.45) is 0 Å². The lowest BCUT2D eigenvalue weighted by atomic mass is 10.3. The number of hydrogen-bond acceptors (Lipinski definition) is 1. The minimum Gasteiger partial charge on any atom is -0.393 e. The molecule has 1 nitrogen and oxygen atoms in total. The first kappa shape index (κ1) is 5.57. The van der Waals surface area contributed by atoms with Crippen LogP contribution in [0.3, 0.4) is 0 Å². The highest BCUT2D eigenvalue weighted by atomic mass is 79.9. The molecule has 1 aliphatic carbocycles. The Labute approximate surface area is 51.9 Å². The van der Waals surface area contributed by atoms with Gasteiger partial charge in [0.05, 0.1) is 6.10 Å². The summed E-state index contributed by atoms with van der Waals surface area (Å²) in [7, 11) is 0. The Bertz CT molecular complexity index is 57.1. The molecular formula is C5H9BrO. The fourth-order valence-electron chi connectivity index (χ4n) is 0.904. The topological polar surface area (TPSA) is 20.2 Å². The van der Waals surface area contributed by atoms with Crippen molar-refractivity contribution in [2.45, 2.75) is 30.2 Å². The number of aliphatic hydroxyl groups excluding tert-OH is 1. The van der Waals surface area contributed by atoms with Gasteiger partial charge in [-0.05, 0) is 19.3 Å². The van der Waals surface area contributed by atoms with E-state index in [0.29, 0.717) is 4.83 Å². The molecule has 0 amide bonds. The predicted octanol–water partition coefficient (Wildman–Crippen LogP) is 1.29. The molecule has 0 aromatic carbocycles. The number of hydrogen-bond donors (Lipinski definition) is 1. The van der Waals surface area contributed by atoms with Crippen LogP contribution in [0.25, 0.3) is 0 Å². The Kier molecular flexibility index (Phi) is 1.70. The Hall–Kier alpha value is 0.440. The molecule has 42 valence electrons. The smallest absolute Gasteiger partial charge is 0.0551 e. The van der Waals surface area contributed by atoms with Crippen LogP contribution >= 0.6 is 15.9 Å². The Balaban J connectivity index is 2.26. The largest absolute Gasteiger partial charge is 0.393 e. The predicted molar refractivity (Wildman–Crippen MR) is 32.6 cm³/mol. The second-order valence-corrected chi connectivity index (χ2v) is 3.36. The molecule has 0 aromatic rings. The number of aliphatic hydroxyl groups is 1. The van der Waals surface area contributed by atoms with Crippen LogP contribution in [0.4, 0.5) is 0 Å². The lowest BCUT2D eigenvalue weighted by Crippen LogP contribution is -1.98. The first-order chi connectivity index (χ1) is 3.29. The highest BCUT2D eigenvalue weighted by Gasteiger charge is 2.19. The lowest BCUT2D eigenvalue weighted by Gasteiger charge is -1.94. The van der Waals surface area contributed by atoms with E-state index in [4.69, 9.17) is 5.11 Å². The Morgan fingerprint density at radius 3 is 2.29 bits per heavy atom. The first-order valence-corrected chi connectivity index (χ1v) is 3.53. The van der Waals surface area contributed by atoms with Crippen molar-refractivity contribution < 1.29 is 5.11 Å². The highest BCUT2D eigenvalue weighted by molar-refractivity contribution is 9.09. The van der Waals surface area contributed by atoms with Crippen LogP contribution in [0.15, 0.2) is 0 Å². The van der Waals surface area contributed by atoms with Crippen LogP contribution in [0.1, 0.15) is 19.3 Å². The molecule has 7 heavy (non-hydrogen) atoms. The van der Waals surface area contributed by atoms with E-state index in [0.717, 1.165) is 19.3 Å². The van der Waals surface area contributed by atoms with Crippen LogP contribution in [0.5, 0.6) is 0 Å². The van der Waals surface area contributed by atoms with E-state index in [1.807, 2.05) is 0 Å². The Morgan fingerprint density at radius 1 is 1.43 bits per heavy atom. The summed E-state index contributed by atoms with van der Waals surface area (Å²) in [6, 6.07) is 0. The summed E-state index contributed by atoms with van der Waals surface area (Å²) in [4.78, 5) is 0.586. The highest BCUT2D eigenvalue weighted by Crippen LogP contribution is 2.24. The average molecular weight is 165 g/mol. The number of halogens is 1. The third-order valence-electron chi connectivity index (χ3n) is 1.34. The van der Waals surface area contributed by atoms with Gasteiger partial charge < -0.3 is 5.11 Å². The summed E-state index contributed by atoms with van der Waals surface area (Å²) < 4.78 is 0. The average Bonchev–Trinajstić information content (AvgIpc) is 1.87. The van der Waals surface area contributed by atoms with E-state index in [-0.39, 0.29) is 6.10 Å². The van der Waals surface area contributed by atoms with Gasteiger partial charge in [-0.15, -0.1) is 0 Å². The molecule has 2 atom stereocenters. The van der Waals surface area contributed by atoms with Gasteiger partial charge in [-0.2, -0.15) is 0 Å². The zero-order valence-electron chi connectivity index (χ0n) is 4.10. The maximum atomic E-state index is 8.87. The summed E-state index contributed by atoms with van der Waals surface area (Å²) in [5.74, 6) is 0. The third kappa shape index (κ3) is 1.42. The molecule has 1 rings (SSSR count). The molecule has 0 bridgehead atoms. The van der Waals surface area contributed by atoms with Crippen molar-refractivity contribution in [3.8, 4) is 0 Å². The monoisotopic (exact) mass is 164 g/mol. The molecule has 0 saturated heterocycles. The van der Waals surface area contributed by atoms with E-state index >= 15 is 0 Å². The second-order valence-electron chi connectivity index (χ2n) is 2.06. The lowest BCUT2D eigenvalue weighted by molar-refractivity contribution is 0.184. The van der Waals surface area contributed by atoms with Crippen molar-refractivity contribution in [1.29, 1.82) is 0 Å². The van der Waals surface area contributed by atoms with Gasteiger partial charge in [0.2, 0.25) is 0 Å². The van der Waals surface area contributed by atoms with Gasteiger partial charge in [0.1, 0.15) is 0 Å². The third-order valence-corrected chi connectivity index (χ3v) is 2.17. The first-order valence-electron chi connectivity index (χ1n) is 2.61. The van der Waals surface area contributed by atoms with E-state index in [1.165, 1.54) is 0 Å². The minimum absolute atomic E-state index is 0.0237. The second kappa shape index (κ2) is 2.14. The molecular weight excluding hydrogens is 156 g/mol. The zero-order valence-corrected chi connectivity index (χ0v) is 5.69. The fraction of sp³-hybridized carbons (Fsp3) is 1.00. The van der Waals surface area contributed by atoms with Crippen molar-refractivity contribution in [1.82, 2.24) is 0 Å². The molecule has 1 aliphatic rings.